The first-order valence-electron chi connectivity index (χ1n) is 10.5. The molecule has 2 aromatic carbocycles. The Morgan fingerprint density at radius 2 is 1.87 bits per heavy atom. The Hall–Kier alpha value is -2.34. The number of benzene rings is 2. The Bertz CT molecular complexity index is 1020. The van der Waals surface area contributed by atoms with E-state index in [2.05, 4.69) is 70.0 Å². The maximum atomic E-state index is 12.4. The van der Waals surface area contributed by atoms with Crippen LogP contribution in [0.1, 0.15) is 28.8 Å². The molecule has 1 amide bonds. The van der Waals surface area contributed by atoms with E-state index in [-0.39, 0.29) is 11.9 Å². The van der Waals surface area contributed by atoms with Crippen molar-refractivity contribution >= 4 is 29.3 Å². The molecule has 0 bridgehead atoms. The second-order valence-electron chi connectivity index (χ2n) is 7.82. The van der Waals surface area contributed by atoms with Crippen LogP contribution in [0.5, 0.6) is 0 Å². The van der Waals surface area contributed by atoms with Crippen molar-refractivity contribution < 1.29 is 4.79 Å². The van der Waals surface area contributed by atoms with Crippen LogP contribution in [0.15, 0.2) is 71.8 Å². The number of nitrogens with one attached hydrogen (secondary N) is 1. The first-order chi connectivity index (χ1) is 15.1. The van der Waals surface area contributed by atoms with Crippen LogP contribution in [0.4, 0.5) is 0 Å². The molecule has 0 unspecified atom stereocenters. The lowest BCUT2D eigenvalue weighted by molar-refractivity contribution is 0.0908. The van der Waals surface area contributed by atoms with Crippen molar-refractivity contribution in [3.8, 4) is 11.1 Å². The summed E-state index contributed by atoms with van der Waals surface area (Å²) in [5, 5.41) is 3.52. The topological polar surface area (TPSA) is 45.2 Å². The Morgan fingerprint density at radius 3 is 2.55 bits per heavy atom. The first-order valence-corrected chi connectivity index (χ1v) is 12.1. The molecule has 0 atom stereocenters. The molecule has 1 fully saturated rings. The van der Waals surface area contributed by atoms with E-state index in [1.807, 2.05) is 0 Å². The van der Waals surface area contributed by atoms with Gasteiger partial charge in [0.1, 0.15) is 5.15 Å². The summed E-state index contributed by atoms with van der Waals surface area (Å²) >= 11 is 7.56. The Kier molecular flexibility index (Phi) is 7.28. The SMILES string of the molecule is CSc1ccc(-c2cccc(CN3CCC(NC(=O)c4ccc(Cl)nc4)CC3)c2)cc1. The van der Waals surface area contributed by atoms with Gasteiger partial charge in [0.05, 0.1) is 5.56 Å². The largest absolute Gasteiger partial charge is 0.349 e. The van der Waals surface area contributed by atoms with E-state index in [0.29, 0.717) is 10.7 Å². The molecule has 31 heavy (non-hydrogen) atoms. The number of nitrogens with zero attached hydrogens (tertiary/aromatic N) is 2. The molecule has 1 aliphatic rings. The minimum absolute atomic E-state index is 0.0807. The number of piperidine rings is 1. The van der Waals surface area contributed by atoms with Crippen LogP contribution in [-0.2, 0) is 6.54 Å². The molecule has 0 radical (unpaired) electrons. The molecule has 1 saturated heterocycles. The van der Waals surface area contributed by atoms with E-state index < -0.39 is 0 Å². The van der Waals surface area contributed by atoms with Crippen molar-refractivity contribution in [2.45, 2.75) is 30.3 Å². The van der Waals surface area contributed by atoms with Gasteiger partial charge >= 0.3 is 0 Å². The number of likely N-dealkylation sites (tertiary alicyclic amines) is 1. The molecule has 0 saturated carbocycles. The number of rotatable bonds is 6. The second kappa shape index (κ2) is 10.3. The van der Waals surface area contributed by atoms with Crippen molar-refractivity contribution in [1.82, 2.24) is 15.2 Å². The van der Waals surface area contributed by atoms with Crippen LogP contribution >= 0.6 is 23.4 Å². The summed E-state index contributed by atoms with van der Waals surface area (Å²) < 4.78 is 0. The lowest BCUT2D eigenvalue weighted by Gasteiger charge is -2.32. The van der Waals surface area contributed by atoms with E-state index in [4.69, 9.17) is 11.6 Å². The van der Waals surface area contributed by atoms with Crippen molar-refractivity contribution in [1.29, 1.82) is 0 Å². The molecule has 0 aliphatic carbocycles. The average molecular weight is 452 g/mol. The molecule has 0 spiro atoms. The number of thioether (sulfide) groups is 1. The molecule has 160 valence electrons. The first kappa shape index (κ1) is 21.9. The lowest BCUT2D eigenvalue weighted by atomic mass is 10.0. The third kappa shape index (κ3) is 5.88. The minimum atomic E-state index is -0.0807. The highest BCUT2D eigenvalue weighted by Gasteiger charge is 2.21. The van der Waals surface area contributed by atoms with E-state index >= 15 is 0 Å². The molecular weight excluding hydrogens is 426 g/mol. The third-order valence-electron chi connectivity index (χ3n) is 5.67. The predicted molar refractivity (Wildman–Crippen MR) is 129 cm³/mol. The van der Waals surface area contributed by atoms with Crippen molar-refractivity contribution in [2.24, 2.45) is 0 Å². The van der Waals surface area contributed by atoms with Crippen molar-refractivity contribution in [3.05, 3.63) is 83.1 Å². The van der Waals surface area contributed by atoms with E-state index in [0.717, 1.165) is 32.5 Å². The normalized spacial score (nSPS) is 15.0. The third-order valence-corrected chi connectivity index (χ3v) is 6.64. The standard InChI is InChI=1S/C25H26ClN3OS/c1-31-23-8-5-19(6-9-23)20-4-2-3-18(15-20)17-29-13-11-22(12-14-29)28-25(30)21-7-10-24(26)27-16-21/h2-10,15-16,22H,11-14,17H2,1H3,(H,28,30). The van der Waals surface area contributed by atoms with Crippen LogP contribution in [-0.4, -0.2) is 41.2 Å². The number of pyridine rings is 1. The highest BCUT2D eigenvalue weighted by molar-refractivity contribution is 7.98. The van der Waals surface area contributed by atoms with E-state index in [1.54, 1.807) is 23.9 Å². The quantitative estimate of drug-likeness (QED) is 0.396. The number of aromatic nitrogens is 1. The molecule has 4 rings (SSSR count). The number of halogens is 1. The van der Waals surface area contributed by atoms with Gasteiger partial charge in [0.25, 0.3) is 5.91 Å². The summed E-state index contributed by atoms with van der Waals surface area (Å²) in [6.45, 7) is 2.87. The molecule has 3 aromatic rings. The molecule has 6 heteroatoms. The summed E-state index contributed by atoms with van der Waals surface area (Å²) in [5.74, 6) is -0.0807. The monoisotopic (exact) mass is 451 g/mol. The molecule has 1 aromatic heterocycles. The lowest BCUT2D eigenvalue weighted by Crippen LogP contribution is -2.44. The molecule has 2 heterocycles. The van der Waals surface area contributed by atoms with Gasteiger partial charge in [-0.15, -0.1) is 11.8 Å². The fourth-order valence-corrected chi connectivity index (χ4v) is 4.43. The Balaban J connectivity index is 1.30. The molecular formula is C25H26ClN3OS. The fraction of sp³-hybridized carbons (Fsp3) is 0.280. The molecule has 1 aliphatic heterocycles. The summed E-state index contributed by atoms with van der Waals surface area (Å²) in [4.78, 5) is 20.1. The maximum Gasteiger partial charge on any atom is 0.253 e. The Morgan fingerprint density at radius 1 is 1.10 bits per heavy atom. The van der Waals surface area contributed by atoms with Gasteiger partial charge in [-0.25, -0.2) is 4.98 Å². The van der Waals surface area contributed by atoms with Gasteiger partial charge < -0.3 is 5.32 Å². The van der Waals surface area contributed by atoms with Crippen LogP contribution in [0.25, 0.3) is 11.1 Å². The van der Waals surface area contributed by atoms with Gasteiger partial charge in [0, 0.05) is 36.8 Å². The average Bonchev–Trinajstić information content (AvgIpc) is 2.81. The van der Waals surface area contributed by atoms with Crippen molar-refractivity contribution in [3.63, 3.8) is 0 Å². The number of carbonyl (C=O) groups is 1. The van der Waals surface area contributed by atoms with Gasteiger partial charge in [0.15, 0.2) is 0 Å². The van der Waals surface area contributed by atoms with Gasteiger partial charge in [-0.1, -0.05) is 41.9 Å². The van der Waals surface area contributed by atoms with Gasteiger partial charge in [-0.05, 0) is 66.1 Å². The molecule has 1 N–H and O–H groups in total. The molecule has 4 nitrogen and oxygen atoms in total. The summed E-state index contributed by atoms with van der Waals surface area (Å²) in [7, 11) is 0. The zero-order chi connectivity index (χ0) is 21.6. The van der Waals surface area contributed by atoms with Gasteiger partial charge in [-0.2, -0.15) is 0 Å². The summed E-state index contributed by atoms with van der Waals surface area (Å²) in [5.41, 5.74) is 4.37. The highest BCUT2D eigenvalue weighted by atomic mass is 35.5. The zero-order valence-corrected chi connectivity index (χ0v) is 19.1. The number of carbonyl (C=O) groups excluding carboxylic acids is 1. The maximum absolute atomic E-state index is 12.4. The van der Waals surface area contributed by atoms with Gasteiger partial charge in [0.2, 0.25) is 0 Å². The summed E-state index contributed by atoms with van der Waals surface area (Å²) in [6, 6.07) is 21.1. The Labute approximate surface area is 193 Å². The smallest absolute Gasteiger partial charge is 0.253 e. The fourth-order valence-electron chi connectivity index (χ4n) is 3.91. The second-order valence-corrected chi connectivity index (χ2v) is 9.09. The van der Waals surface area contributed by atoms with E-state index in [9.17, 15) is 4.79 Å². The van der Waals surface area contributed by atoms with Crippen LogP contribution in [0.2, 0.25) is 5.15 Å². The zero-order valence-electron chi connectivity index (χ0n) is 17.6. The highest BCUT2D eigenvalue weighted by Crippen LogP contribution is 2.25. The van der Waals surface area contributed by atoms with Crippen LogP contribution < -0.4 is 5.32 Å². The summed E-state index contributed by atoms with van der Waals surface area (Å²) in [6.07, 6.45) is 5.51. The van der Waals surface area contributed by atoms with E-state index in [1.165, 1.54) is 27.8 Å². The minimum Gasteiger partial charge on any atom is -0.349 e. The van der Waals surface area contributed by atoms with Crippen LogP contribution in [0.3, 0.4) is 0 Å². The predicted octanol–water partition coefficient (Wildman–Crippen LogP) is 5.52. The number of hydrogen-bond acceptors (Lipinski definition) is 4. The van der Waals surface area contributed by atoms with Crippen LogP contribution in [0, 0.1) is 0 Å². The van der Waals surface area contributed by atoms with Gasteiger partial charge in [-0.3, -0.25) is 9.69 Å². The number of amides is 1. The number of hydrogen-bond donors (Lipinski definition) is 1. The van der Waals surface area contributed by atoms with Crippen molar-refractivity contribution in [2.75, 3.05) is 19.3 Å².